The lowest BCUT2D eigenvalue weighted by molar-refractivity contribution is 0.502. The molecule has 0 radical (unpaired) electrons. The first-order chi connectivity index (χ1) is 9.60. The van der Waals surface area contributed by atoms with Crippen LogP contribution in [0.25, 0.3) is 0 Å². The highest BCUT2D eigenvalue weighted by atomic mass is 35.5. The quantitative estimate of drug-likeness (QED) is 0.657. The molecule has 1 heterocycles. The zero-order chi connectivity index (χ0) is 14.7. The lowest BCUT2D eigenvalue weighted by Crippen LogP contribution is -2.31. The summed E-state index contributed by atoms with van der Waals surface area (Å²) in [6.07, 6.45) is 2.40. The van der Waals surface area contributed by atoms with Crippen LogP contribution in [0.1, 0.15) is 30.6 Å². The minimum absolute atomic E-state index is 0.0421. The number of aryl methyl sites for hydroxylation is 1. The summed E-state index contributed by atoms with van der Waals surface area (Å²) in [5.74, 6) is 5.07. The number of nitrogens with one attached hydrogen (secondary N) is 1. The molecule has 2 aromatic rings. The van der Waals surface area contributed by atoms with Crippen molar-refractivity contribution in [2.75, 3.05) is 0 Å². The summed E-state index contributed by atoms with van der Waals surface area (Å²) in [5.41, 5.74) is 3.54. The number of hydrazine groups is 1. The minimum Gasteiger partial charge on any atom is -0.271 e. The molecule has 0 aliphatic rings. The summed E-state index contributed by atoms with van der Waals surface area (Å²) in [6, 6.07) is 4.15. The minimum atomic E-state index is -0.616. The summed E-state index contributed by atoms with van der Waals surface area (Å²) in [6.45, 7) is 2.69. The van der Waals surface area contributed by atoms with Gasteiger partial charge in [-0.3, -0.25) is 10.5 Å². The first-order valence-corrected chi connectivity index (χ1v) is 6.97. The number of rotatable bonds is 5. The Morgan fingerprint density at radius 2 is 2.15 bits per heavy atom. The predicted molar refractivity (Wildman–Crippen MR) is 78.1 cm³/mol. The van der Waals surface area contributed by atoms with Gasteiger partial charge in [0.05, 0.1) is 28.0 Å². The lowest BCUT2D eigenvalue weighted by atomic mass is 10.0. The van der Waals surface area contributed by atoms with Crippen LogP contribution in [-0.4, -0.2) is 9.78 Å². The van der Waals surface area contributed by atoms with Crippen molar-refractivity contribution >= 4 is 23.2 Å². The Morgan fingerprint density at radius 1 is 1.40 bits per heavy atom. The van der Waals surface area contributed by atoms with E-state index in [1.165, 1.54) is 12.3 Å². The number of nitrogens with two attached hydrogens (primary N) is 1. The molecule has 7 heteroatoms. The third kappa shape index (κ3) is 2.81. The zero-order valence-electron chi connectivity index (χ0n) is 10.9. The van der Waals surface area contributed by atoms with Crippen molar-refractivity contribution in [3.8, 4) is 0 Å². The Balaban J connectivity index is 2.52. The molecule has 1 atom stereocenters. The smallest absolute Gasteiger partial charge is 0.147 e. The van der Waals surface area contributed by atoms with E-state index in [4.69, 9.17) is 29.0 Å². The van der Waals surface area contributed by atoms with Crippen molar-refractivity contribution in [1.29, 1.82) is 0 Å². The van der Waals surface area contributed by atoms with E-state index < -0.39 is 11.9 Å². The van der Waals surface area contributed by atoms with Crippen LogP contribution in [0.3, 0.4) is 0 Å². The number of hydrogen-bond acceptors (Lipinski definition) is 3. The van der Waals surface area contributed by atoms with Crippen LogP contribution in [0.4, 0.5) is 4.39 Å². The van der Waals surface area contributed by atoms with Crippen molar-refractivity contribution in [2.45, 2.75) is 25.9 Å². The van der Waals surface area contributed by atoms with Crippen LogP contribution in [0, 0.1) is 5.82 Å². The average molecular weight is 317 g/mol. The second-order valence-corrected chi connectivity index (χ2v) is 5.16. The van der Waals surface area contributed by atoms with E-state index in [9.17, 15) is 4.39 Å². The second kappa shape index (κ2) is 6.54. The van der Waals surface area contributed by atoms with Gasteiger partial charge in [0.1, 0.15) is 5.82 Å². The molecule has 1 aromatic carbocycles. The normalized spacial score (nSPS) is 12.7. The van der Waals surface area contributed by atoms with Gasteiger partial charge in [-0.05, 0) is 12.5 Å². The van der Waals surface area contributed by atoms with E-state index in [0.29, 0.717) is 22.8 Å². The molecule has 108 valence electrons. The van der Waals surface area contributed by atoms with Crippen molar-refractivity contribution in [2.24, 2.45) is 5.84 Å². The van der Waals surface area contributed by atoms with E-state index in [0.717, 1.165) is 6.42 Å². The summed E-state index contributed by atoms with van der Waals surface area (Å²) in [7, 11) is 0. The van der Waals surface area contributed by atoms with E-state index in [2.05, 4.69) is 10.5 Å². The number of aromatic nitrogens is 2. The molecule has 20 heavy (non-hydrogen) atoms. The number of benzene rings is 1. The molecule has 0 saturated heterocycles. The Morgan fingerprint density at radius 3 is 2.80 bits per heavy atom. The molecule has 1 aromatic heterocycles. The van der Waals surface area contributed by atoms with Gasteiger partial charge in [0.25, 0.3) is 0 Å². The fourth-order valence-corrected chi connectivity index (χ4v) is 2.54. The fraction of sp³-hybridized carbons (Fsp3) is 0.308. The molecular weight excluding hydrogens is 302 g/mol. The first kappa shape index (κ1) is 15.3. The Labute approximate surface area is 126 Å². The molecule has 0 spiro atoms. The van der Waals surface area contributed by atoms with Gasteiger partial charge < -0.3 is 0 Å². The summed E-state index contributed by atoms with van der Waals surface area (Å²) >= 11 is 12.0. The van der Waals surface area contributed by atoms with Crippen LogP contribution >= 0.6 is 23.2 Å². The third-order valence-electron chi connectivity index (χ3n) is 3.00. The van der Waals surface area contributed by atoms with Crippen molar-refractivity contribution in [1.82, 2.24) is 15.2 Å². The summed E-state index contributed by atoms with van der Waals surface area (Å²) in [5, 5.41) is 4.66. The van der Waals surface area contributed by atoms with E-state index in [1.807, 2.05) is 6.92 Å². The van der Waals surface area contributed by atoms with Crippen LogP contribution < -0.4 is 11.3 Å². The van der Waals surface area contributed by atoms with E-state index in [-0.39, 0.29) is 5.02 Å². The van der Waals surface area contributed by atoms with Gasteiger partial charge in [-0.1, -0.05) is 42.3 Å². The maximum absolute atomic E-state index is 14.2. The van der Waals surface area contributed by atoms with Gasteiger partial charge >= 0.3 is 0 Å². The third-order valence-corrected chi connectivity index (χ3v) is 3.58. The van der Waals surface area contributed by atoms with Gasteiger partial charge in [0, 0.05) is 12.1 Å². The topological polar surface area (TPSA) is 55.9 Å². The summed E-state index contributed by atoms with van der Waals surface area (Å²) < 4.78 is 15.9. The molecule has 2 rings (SSSR count). The molecule has 0 fully saturated rings. The molecule has 3 N–H and O–H groups in total. The summed E-state index contributed by atoms with van der Waals surface area (Å²) in [4.78, 5) is 0. The van der Waals surface area contributed by atoms with Gasteiger partial charge in [-0.25, -0.2) is 9.82 Å². The fourth-order valence-electron chi connectivity index (χ4n) is 2.11. The largest absolute Gasteiger partial charge is 0.271 e. The highest BCUT2D eigenvalue weighted by Crippen LogP contribution is 2.31. The molecule has 0 aliphatic carbocycles. The first-order valence-electron chi connectivity index (χ1n) is 6.21. The highest BCUT2D eigenvalue weighted by Gasteiger charge is 2.24. The highest BCUT2D eigenvalue weighted by molar-refractivity contribution is 6.31. The van der Waals surface area contributed by atoms with Gasteiger partial charge in [-0.15, -0.1) is 0 Å². The zero-order valence-corrected chi connectivity index (χ0v) is 12.4. The van der Waals surface area contributed by atoms with Crippen LogP contribution in [0.15, 0.2) is 24.4 Å². The average Bonchev–Trinajstić information content (AvgIpc) is 2.78. The molecule has 0 saturated carbocycles. The standard InChI is InChI=1S/C13H15Cl2FN4/c1-2-6-20-13(10(15)7-18-20)12(19-17)8-4-3-5-9(14)11(8)16/h3-5,7,12,19H,2,6,17H2,1H3. The number of hydrogen-bond donors (Lipinski definition) is 2. The molecule has 1 unspecified atom stereocenters. The Hall–Kier alpha value is -1.14. The molecule has 0 amide bonds. The maximum atomic E-state index is 14.2. The predicted octanol–water partition coefficient (Wildman–Crippen LogP) is 3.29. The number of halogens is 3. The SMILES string of the molecule is CCCn1ncc(Cl)c1C(NN)c1cccc(Cl)c1F. The van der Waals surface area contributed by atoms with Gasteiger partial charge in [0.15, 0.2) is 0 Å². The van der Waals surface area contributed by atoms with Gasteiger partial charge in [0.2, 0.25) is 0 Å². The Kier molecular flexibility index (Phi) is 4.99. The van der Waals surface area contributed by atoms with E-state index in [1.54, 1.807) is 16.8 Å². The lowest BCUT2D eigenvalue weighted by Gasteiger charge is -2.19. The monoisotopic (exact) mass is 316 g/mol. The van der Waals surface area contributed by atoms with Crippen molar-refractivity contribution < 1.29 is 4.39 Å². The van der Waals surface area contributed by atoms with Crippen LogP contribution in [0.2, 0.25) is 10.0 Å². The van der Waals surface area contributed by atoms with Crippen molar-refractivity contribution in [3.63, 3.8) is 0 Å². The Bertz CT molecular complexity index is 600. The molecule has 4 nitrogen and oxygen atoms in total. The van der Waals surface area contributed by atoms with E-state index >= 15 is 0 Å². The van der Waals surface area contributed by atoms with Crippen LogP contribution in [-0.2, 0) is 6.54 Å². The van der Waals surface area contributed by atoms with Crippen LogP contribution in [0.5, 0.6) is 0 Å². The second-order valence-electron chi connectivity index (χ2n) is 4.34. The molecule has 0 aliphatic heterocycles. The maximum Gasteiger partial charge on any atom is 0.147 e. The molecular formula is C13H15Cl2FN4. The van der Waals surface area contributed by atoms with Crippen molar-refractivity contribution in [3.05, 3.63) is 51.5 Å². The molecule has 0 bridgehead atoms. The number of nitrogens with zero attached hydrogens (tertiary/aromatic N) is 2. The van der Waals surface area contributed by atoms with Gasteiger partial charge in [-0.2, -0.15) is 5.10 Å².